The van der Waals surface area contributed by atoms with Gasteiger partial charge in [-0.3, -0.25) is 14.1 Å². The molecule has 2 aliphatic rings. The van der Waals surface area contributed by atoms with E-state index in [1.807, 2.05) is 26.4 Å². The molecule has 6 heteroatoms. The van der Waals surface area contributed by atoms with Crippen molar-refractivity contribution in [3.8, 4) is 11.1 Å². The third kappa shape index (κ3) is 2.84. The van der Waals surface area contributed by atoms with Gasteiger partial charge in [-0.2, -0.15) is 0 Å². The molecule has 1 aliphatic heterocycles. The van der Waals surface area contributed by atoms with E-state index in [2.05, 4.69) is 49.1 Å². The Balaban J connectivity index is 1.71. The normalized spacial score (nSPS) is 17.0. The topological polar surface area (TPSA) is 41.4 Å². The Kier molecular flexibility index (Phi) is 3.98. The van der Waals surface area contributed by atoms with Gasteiger partial charge in [-0.15, -0.1) is 0 Å². The summed E-state index contributed by atoms with van der Waals surface area (Å²) in [6.07, 6.45) is 4.09. The summed E-state index contributed by atoms with van der Waals surface area (Å²) in [7, 11) is 4.07. The van der Waals surface area contributed by atoms with Gasteiger partial charge in [0.1, 0.15) is 5.69 Å². The molecule has 0 spiro atoms. The van der Waals surface area contributed by atoms with Crippen LogP contribution < -0.4 is 0 Å². The van der Waals surface area contributed by atoms with E-state index < -0.39 is 0 Å². The van der Waals surface area contributed by atoms with Gasteiger partial charge in [-0.1, -0.05) is 12.1 Å². The Morgan fingerprint density at radius 2 is 2.00 bits per heavy atom. The van der Waals surface area contributed by atoms with Crippen LogP contribution in [0.15, 0.2) is 47.5 Å². The molecule has 138 valence electrons. The number of rotatable bonds is 4. The average molecular weight is 379 g/mol. The van der Waals surface area contributed by atoms with Crippen molar-refractivity contribution in [2.24, 2.45) is 0 Å². The zero-order valence-corrected chi connectivity index (χ0v) is 16.4. The summed E-state index contributed by atoms with van der Waals surface area (Å²) in [5, 5.41) is 0. The number of amides is 1. The maximum atomic E-state index is 13.4. The summed E-state index contributed by atoms with van der Waals surface area (Å²) in [4.78, 5) is 21.3. The maximum absolute atomic E-state index is 13.4. The molecule has 0 N–H and O–H groups in total. The van der Waals surface area contributed by atoms with E-state index in [0.717, 1.165) is 58.7 Å². The van der Waals surface area contributed by atoms with Crippen molar-refractivity contribution in [1.82, 2.24) is 18.8 Å². The number of fused-ring (bicyclic) bond motifs is 3. The highest BCUT2D eigenvalue weighted by Crippen LogP contribution is 2.39. The third-order valence-electron chi connectivity index (χ3n) is 5.25. The van der Waals surface area contributed by atoms with E-state index in [9.17, 15) is 4.79 Å². The predicted octanol–water partition coefficient (Wildman–Crippen LogP) is 3.89. The van der Waals surface area contributed by atoms with Crippen molar-refractivity contribution in [1.29, 1.82) is 0 Å². The summed E-state index contributed by atoms with van der Waals surface area (Å²) < 4.78 is 4.25. The molecule has 1 fully saturated rings. The van der Waals surface area contributed by atoms with Crippen LogP contribution in [0.2, 0.25) is 0 Å². The van der Waals surface area contributed by atoms with Crippen LogP contribution in [0.3, 0.4) is 0 Å². The fraction of sp³-hybridized carbons (Fsp3) is 0.333. The van der Waals surface area contributed by atoms with Crippen molar-refractivity contribution < 1.29 is 4.79 Å². The van der Waals surface area contributed by atoms with E-state index in [1.54, 1.807) is 11.9 Å². The Bertz CT molecular complexity index is 1040. The van der Waals surface area contributed by atoms with Crippen LogP contribution in [-0.2, 0) is 6.54 Å². The van der Waals surface area contributed by atoms with Crippen LogP contribution >= 0.6 is 11.9 Å². The summed E-state index contributed by atoms with van der Waals surface area (Å²) in [6, 6.07) is 12.9. The Morgan fingerprint density at radius 1 is 1.15 bits per heavy atom. The van der Waals surface area contributed by atoms with Gasteiger partial charge in [-0.05, 0) is 68.7 Å². The molecule has 1 saturated carbocycles. The molecule has 0 radical (unpaired) electrons. The Morgan fingerprint density at radius 3 is 2.78 bits per heavy atom. The van der Waals surface area contributed by atoms with E-state index in [-0.39, 0.29) is 5.91 Å². The maximum Gasteiger partial charge on any atom is 0.271 e. The van der Waals surface area contributed by atoms with Gasteiger partial charge in [0.25, 0.3) is 5.91 Å². The van der Waals surface area contributed by atoms with Gasteiger partial charge in [0.15, 0.2) is 0 Å². The Hall–Kier alpha value is -2.31. The van der Waals surface area contributed by atoms with E-state index in [1.165, 1.54) is 0 Å². The first-order chi connectivity index (χ1) is 13.1. The Labute approximate surface area is 163 Å². The van der Waals surface area contributed by atoms with Gasteiger partial charge in [0, 0.05) is 35.8 Å². The molecule has 3 heterocycles. The number of benzene rings is 1. The lowest BCUT2D eigenvalue weighted by molar-refractivity contribution is 0.0694. The van der Waals surface area contributed by atoms with Crippen LogP contribution in [0, 0.1) is 0 Å². The summed E-state index contributed by atoms with van der Waals surface area (Å²) >= 11 is 1.68. The quantitative estimate of drug-likeness (QED) is 0.646. The molecule has 0 bridgehead atoms. The van der Waals surface area contributed by atoms with Gasteiger partial charge >= 0.3 is 0 Å². The lowest BCUT2D eigenvalue weighted by Gasteiger charge is -2.29. The third-order valence-corrected chi connectivity index (χ3v) is 6.08. The molecule has 5 nitrogen and oxygen atoms in total. The standard InChI is InChI=1S/C21H22N4OS/c1-23(2)27-16-6-3-5-14(13-16)18-19-17(7-4-10-22-19)25-12-11-24(15-8-9-15)21(26)20(18)25/h3-7,10,13,15H,8-9,11-12H2,1-2H3. The second kappa shape index (κ2) is 6.39. The van der Waals surface area contributed by atoms with Crippen molar-refractivity contribution in [2.75, 3.05) is 20.6 Å². The molecular weight excluding hydrogens is 356 g/mol. The van der Waals surface area contributed by atoms with Crippen LogP contribution in [0.25, 0.3) is 22.2 Å². The minimum absolute atomic E-state index is 0.155. The first-order valence-corrected chi connectivity index (χ1v) is 10.1. The van der Waals surface area contributed by atoms with Crippen LogP contribution in [0.5, 0.6) is 0 Å². The number of carbonyl (C=O) groups excluding carboxylic acids is 1. The monoisotopic (exact) mass is 378 g/mol. The first-order valence-electron chi connectivity index (χ1n) is 9.37. The SMILES string of the molecule is CN(C)Sc1cccc(-c2c3n(c4cccnc24)CCN(C2CC2)C3=O)c1. The number of hydrogen-bond donors (Lipinski definition) is 0. The second-order valence-electron chi connectivity index (χ2n) is 7.41. The molecule has 1 aromatic carbocycles. The van der Waals surface area contributed by atoms with Crippen LogP contribution in [-0.4, -0.2) is 51.3 Å². The molecule has 2 aromatic heterocycles. The molecule has 1 amide bonds. The first kappa shape index (κ1) is 16.8. The number of carbonyl (C=O) groups is 1. The van der Waals surface area contributed by atoms with E-state index in [0.29, 0.717) is 6.04 Å². The minimum atomic E-state index is 0.155. The fourth-order valence-electron chi connectivity index (χ4n) is 4.00. The average Bonchev–Trinajstić information content (AvgIpc) is 3.43. The molecule has 5 rings (SSSR count). The molecule has 3 aromatic rings. The van der Waals surface area contributed by atoms with E-state index in [4.69, 9.17) is 0 Å². The van der Waals surface area contributed by atoms with Gasteiger partial charge in [0.2, 0.25) is 0 Å². The van der Waals surface area contributed by atoms with E-state index >= 15 is 0 Å². The molecule has 1 aliphatic carbocycles. The molecular formula is C21H22N4OS. The minimum Gasteiger partial charge on any atom is -0.333 e. The van der Waals surface area contributed by atoms with Gasteiger partial charge in [0.05, 0.1) is 11.0 Å². The molecule has 0 unspecified atom stereocenters. The lowest BCUT2D eigenvalue weighted by atomic mass is 10.0. The molecule has 0 saturated heterocycles. The van der Waals surface area contributed by atoms with Crippen LogP contribution in [0.4, 0.5) is 0 Å². The number of aromatic nitrogens is 2. The van der Waals surface area contributed by atoms with Gasteiger partial charge < -0.3 is 9.47 Å². The highest BCUT2D eigenvalue weighted by atomic mass is 32.2. The molecule has 0 atom stereocenters. The second-order valence-corrected chi connectivity index (χ2v) is 8.79. The van der Waals surface area contributed by atoms with Gasteiger partial charge in [-0.25, -0.2) is 0 Å². The zero-order valence-electron chi connectivity index (χ0n) is 15.6. The summed E-state index contributed by atoms with van der Waals surface area (Å²) in [5.41, 5.74) is 4.81. The highest BCUT2D eigenvalue weighted by Gasteiger charge is 2.39. The van der Waals surface area contributed by atoms with Crippen molar-refractivity contribution >= 4 is 28.9 Å². The zero-order chi connectivity index (χ0) is 18.5. The van der Waals surface area contributed by atoms with Crippen molar-refractivity contribution in [2.45, 2.75) is 30.3 Å². The highest BCUT2D eigenvalue weighted by molar-refractivity contribution is 7.97. The number of pyridine rings is 1. The van der Waals surface area contributed by atoms with Crippen LogP contribution in [0.1, 0.15) is 23.3 Å². The summed E-state index contributed by atoms with van der Waals surface area (Å²) in [6.45, 7) is 1.64. The smallest absolute Gasteiger partial charge is 0.271 e. The molecule has 27 heavy (non-hydrogen) atoms. The largest absolute Gasteiger partial charge is 0.333 e. The van der Waals surface area contributed by atoms with Crippen molar-refractivity contribution in [3.63, 3.8) is 0 Å². The number of nitrogens with zero attached hydrogens (tertiary/aromatic N) is 4. The lowest BCUT2D eigenvalue weighted by Crippen LogP contribution is -2.41. The van der Waals surface area contributed by atoms with Crippen molar-refractivity contribution in [3.05, 3.63) is 48.3 Å². The fourth-order valence-corrected chi connectivity index (χ4v) is 4.74. The number of hydrogen-bond acceptors (Lipinski definition) is 4. The predicted molar refractivity (Wildman–Crippen MR) is 109 cm³/mol. The summed E-state index contributed by atoms with van der Waals surface area (Å²) in [5.74, 6) is 0.155.